The number of nitrogens with zero attached hydrogens (tertiary/aromatic N) is 2. The number of hydrogen-bond donors (Lipinski definition) is 2. The molecule has 0 spiro atoms. The zero-order chi connectivity index (χ0) is 14.7. The topological polar surface area (TPSA) is 44.0 Å². The molecule has 0 aromatic carbocycles. The molecule has 1 aromatic rings. The minimum absolute atomic E-state index is 0.770. The molecule has 1 saturated heterocycles. The summed E-state index contributed by atoms with van der Waals surface area (Å²) in [5.41, 5.74) is 1.90. The van der Waals surface area contributed by atoms with Gasteiger partial charge in [-0.05, 0) is 58.2 Å². The number of H-pyrrole nitrogens is 1. The second kappa shape index (κ2) is 7.12. The number of aryl methyl sites for hydroxylation is 1. The van der Waals surface area contributed by atoms with Gasteiger partial charge < -0.3 is 10.2 Å². The summed E-state index contributed by atoms with van der Waals surface area (Å²) in [4.78, 5) is 2.73. The molecule has 1 saturated carbocycles. The molecule has 21 heavy (non-hydrogen) atoms. The van der Waals surface area contributed by atoms with Gasteiger partial charge in [-0.1, -0.05) is 24.4 Å². The Hall–Kier alpha value is -0.580. The van der Waals surface area contributed by atoms with Gasteiger partial charge in [-0.2, -0.15) is 5.10 Å². The van der Waals surface area contributed by atoms with Gasteiger partial charge in [0.05, 0.1) is 16.4 Å². The molecule has 0 unspecified atom stereocenters. The maximum Gasteiger partial charge on any atom is 0.0948 e. The quantitative estimate of drug-likeness (QED) is 0.878. The highest BCUT2D eigenvalue weighted by molar-refractivity contribution is 6.31. The molecule has 1 aliphatic carbocycles. The van der Waals surface area contributed by atoms with Crippen LogP contribution in [0, 0.1) is 12.8 Å². The molecule has 0 atom stereocenters. The van der Waals surface area contributed by atoms with Crippen molar-refractivity contribution in [3.8, 4) is 0 Å². The van der Waals surface area contributed by atoms with Crippen molar-refractivity contribution >= 4 is 11.6 Å². The molecule has 5 heteroatoms. The fourth-order valence-electron chi connectivity index (χ4n) is 3.77. The van der Waals surface area contributed by atoms with Gasteiger partial charge in [0.1, 0.15) is 0 Å². The molecule has 2 N–H and O–H groups in total. The van der Waals surface area contributed by atoms with Crippen molar-refractivity contribution < 1.29 is 0 Å². The standard InChI is InChI=1S/C16H27ClN4/c1-12-16(17)15(20-19-12)11-18-10-13-6-8-21(9-7-13)14-4-2-3-5-14/h13-14,18H,2-11H2,1H3,(H,19,20). The van der Waals surface area contributed by atoms with Gasteiger partial charge in [0.2, 0.25) is 0 Å². The number of likely N-dealkylation sites (tertiary alicyclic amines) is 1. The van der Waals surface area contributed by atoms with Crippen molar-refractivity contribution in [2.75, 3.05) is 19.6 Å². The maximum absolute atomic E-state index is 6.18. The maximum atomic E-state index is 6.18. The summed E-state index contributed by atoms with van der Waals surface area (Å²) in [5, 5.41) is 11.5. The van der Waals surface area contributed by atoms with Crippen LogP contribution in [0.5, 0.6) is 0 Å². The zero-order valence-corrected chi connectivity index (χ0v) is 13.8. The molecule has 0 radical (unpaired) electrons. The van der Waals surface area contributed by atoms with Gasteiger partial charge in [0.25, 0.3) is 0 Å². The second-order valence-corrected chi connectivity index (χ2v) is 7.04. The van der Waals surface area contributed by atoms with Crippen molar-refractivity contribution in [1.82, 2.24) is 20.4 Å². The molecule has 2 fully saturated rings. The van der Waals surface area contributed by atoms with Crippen molar-refractivity contribution in [3.05, 3.63) is 16.4 Å². The third-order valence-electron chi connectivity index (χ3n) is 5.16. The first kappa shape index (κ1) is 15.3. The van der Waals surface area contributed by atoms with Crippen molar-refractivity contribution in [3.63, 3.8) is 0 Å². The van der Waals surface area contributed by atoms with Crippen LogP contribution in [0.3, 0.4) is 0 Å². The van der Waals surface area contributed by atoms with E-state index in [1.54, 1.807) is 0 Å². The Labute approximate surface area is 132 Å². The molecular formula is C16H27ClN4. The molecule has 3 rings (SSSR count). The van der Waals surface area contributed by atoms with E-state index in [1.807, 2.05) is 6.92 Å². The normalized spacial score (nSPS) is 22.2. The van der Waals surface area contributed by atoms with Crippen LogP contribution in [0.4, 0.5) is 0 Å². The first-order valence-corrected chi connectivity index (χ1v) is 8.76. The van der Waals surface area contributed by atoms with E-state index in [2.05, 4.69) is 20.4 Å². The van der Waals surface area contributed by atoms with E-state index in [-0.39, 0.29) is 0 Å². The lowest BCUT2D eigenvalue weighted by Crippen LogP contribution is -2.42. The van der Waals surface area contributed by atoms with E-state index in [9.17, 15) is 0 Å². The largest absolute Gasteiger partial charge is 0.311 e. The predicted molar refractivity (Wildman–Crippen MR) is 86.6 cm³/mol. The van der Waals surface area contributed by atoms with Crippen LogP contribution in [0.25, 0.3) is 0 Å². The highest BCUT2D eigenvalue weighted by atomic mass is 35.5. The number of aromatic amines is 1. The third kappa shape index (κ3) is 3.79. The van der Waals surface area contributed by atoms with Crippen LogP contribution in [0.15, 0.2) is 0 Å². The number of piperidine rings is 1. The molecule has 0 amide bonds. The summed E-state index contributed by atoms with van der Waals surface area (Å²) in [7, 11) is 0. The van der Waals surface area contributed by atoms with Gasteiger partial charge in [-0.3, -0.25) is 5.10 Å². The smallest absolute Gasteiger partial charge is 0.0948 e. The summed E-state index contributed by atoms with van der Waals surface area (Å²) in [6, 6.07) is 0.893. The molecule has 2 aliphatic rings. The Morgan fingerprint density at radius 1 is 1.24 bits per heavy atom. The molecule has 1 aliphatic heterocycles. The van der Waals surface area contributed by atoms with E-state index in [0.717, 1.165) is 41.5 Å². The van der Waals surface area contributed by atoms with Gasteiger partial charge in [-0.15, -0.1) is 0 Å². The monoisotopic (exact) mass is 310 g/mol. The number of nitrogens with one attached hydrogen (secondary N) is 2. The number of rotatable bonds is 5. The van der Waals surface area contributed by atoms with Gasteiger partial charge >= 0.3 is 0 Å². The summed E-state index contributed by atoms with van der Waals surface area (Å²) >= 11 is 6.18. The molecule has 4 nitrogen and oxygen atoms in total. The van der Waals surface area contributed by atoms with Gasteiger partial charge in [-0.25, -0.2) is 0 Å². The highest BCUT2D eigenvalue weighted by Gasteiger charge is 2.26. The van der Waals surface area contributed by atoms with E-state index in [4.69, 9.17) is 11.6 Å². The van der Waals surface area contributed by atoms with Crippen LogP contribution in [-0.2, 0) is 6.54 Å². The average Bonchev–Trinajstić information content (AvgIpc) is 3.13. The lowest BCUT2D eigenvalue weighted by atomic mass is 9.95. The number of halogens is 1. The number of aromatic nitrogens is 2. The Bertz CT molecular complexity index is 445. The fourth-order valence-corrected chi connectivity index (χ4v) is 3.92. The van der Waals surface area contributed by atoms with Gasteiger partial charge in [0.15, 0.2) is 0 Å². The average molecular weight is 311 g/mol. The van der Waals surface area contributed by atoms with Crippen LogP contribution >= 0.6 is 11.6 Å². The summed E-state index contributed by atoms with van der Waals surface area (Å²) in [5.74, 6) is 0.807. The van der Waals surface area contributed by atoms with Crippen LogP contribution in [0.1, 0.15) is 49.9 Å². The van der Waals surface area contributed by atoms with Crippen LogP contribution in [0.2, 0.25) is 5.02 Å². The van der Waals surface area contributed by atoms with E-state index in [1.165, 1.54) is 51.6 Å². The Morgan fingerprint density at radius 2 is 1.95 bits per heavy atom. The Kier molecular flexibility index (Phi) is 5.19. The fraction of sp³-hybridized carbons (Fsp3) is 0.812. The van der Waals surface area contributed by atoms with E-state index < -0.39 is 0 Å². The second-order valence-electron chi connectivity index (χ2n) is 6.66. The molecule has 0 bridgehead atoms. The van der Waals surface area contributed by atoms with Crippen molar-refractivity contribution in [1.29, 1.82) is 0 Å². The Morgan fingerprint density at radius 3 is 2.57 bits per heavy atom. The first-order chi connectivity index (χ1) is 10.2. The van der Waals surface area contributed by atoms with E-state index in [0.29, 0.717) is 0 Å². The zero-order valence-electron chi connectivity index (χ0n) is 13.0. The van der Waals surface area contributed by atoms with Crippen LogP contribution < -0.4 is 5.32 Å². The van der Waals surface area contributed by atoms with Crippen molar-refractivity contribution in [2.45, 2.75) is 58.0 Å². The van der Waals surface area contributed by atoms with Crippen LogP contribution in [-0.4, -0.2) is 40.8 Å². The lowest BCUT2D eigenvalue weighted by Gasteiger charge is -2.36. The van der Waals surface area contributed by atoms with Crippen molar-refractivity contribution in [2.24, 2.45) is 5.92 Å². The summed E-state index contributed by atoms with van der Waals surface area (Å²) in [6.45, 7) is 6.39. The summed E-state index contributed by atoms with van der Waals surface area (Å²) < 4.78 is 0. The molecular weight excluding hydrogens is 284 g/mol. The number of hydrogen-bond acceptors (Lipinski definition) is 3. The lowest BCUT2D eigenvalue weighted by molar-refractivity contribution is 0.133. The minimum Gasteiger partial charge on any atom is -0.311 e. The molecule has 118 valence electrons. The third-order valence-corrected chi connectivity index (χ3v) is 5.66. The SMILES string of the molecule is Cc1[nH]nc(CNCC2CCN(C3CCCC3)CC2)c1Cl. The summed E-state index contributed by atoms with van der Waals surface area (Å²) in [6.07, 6.45) is 8.40. The highest BCUT2D eigenvalue weighted by Crippen LogP contribution is 2.27. The van der Waals surface area contributed by atoms with E-state index >= 15 is 0 Å². The van der Waals surface area contributed by atoms with Gasteiger partial charge in [0, 0.05) is 12.6 Å². The first-order valence-electron chi connectivity index (χ1n) is 8.38. The Balaban J connectivity index is 1.36. The molecule has 1 aromatic heterocycles. The predicted octanol–water partition coefficient (Wildman–Crippen LogP) is 3.12. The molecule has 2 heterocycles. The minimum atomic E-state index is 0.770.